The fraction of sp³-hybridized carbons (Fsp3) is 1.00. The van der Waals surface area contributed by atoms with Gasteiger partial charge in [0.2, 0.25) is 0 Å². The van der Waals surface area contributed by atoms with Crippen LogP contribution < -0.4 is 0 Å². The van der Waals surface area contributed by atoms with Gasteiger partial charge in [-0.2, -0.15) is 0 Å². The van der Waals surface area contributed by atoms with Crippen LogP contribution in [0.1, 0.15) is 78.1 Å². The first-order valence-electron chi connectivity index (χ1n) is 8.42. The van der Waals surface area contributed by atoms with Gasteiger partial charge in [-0.1, -0.05) is 65.2 Å². The zero-order valence-electron chi connectivity index (χ0n) is 13.0. The monoisotopic (exact) mass is 269 g/mol. The predicted molar refractivity (Wildman–Crippen MR) is 79.8 cm³/mol. The molecule has 0 aromatic heterocycles. The van der Waals surface area contributed by atoms with E-state index in [1.165, 1.54) is 57.8 Å². The van der Waals surface area contributed by atoms with E-state index in [0.29, 0.717) is 12.0 Å². The molecule has 1 saturated heterocycles. The van der Waals surface area contributed by atoms with Gasteiger partial charge in [0.15, 0.2) is 0 Å². The summed E-state index contributed by atoms with van der Waals surface area (Å²) in [6, 6.07) is 0. The maximum absolute atomic E-state index is 10.6. The van der Waals surface area contributed by atoms with E-state index < -0.39 is 0 Å². The first-order chi connectivity index (χ1) is 9.22. The molecule has 0 saturated carbocycles. The van der Waals surface area contributed by atoms with E-state index in [0.717, 1.165) is 18.9 Å². The summed E-state index contributed by atoms with van der Waals surface area (Å²) >= 11 is 0. The van der Waals surface area contributed by atoms with Crippen LogP contribution in [0.15, 0.2) is 0 Å². The van der Waals surface area contributed by atoms with Gasteiger partial charge in [-0.3, -0.25) is 0 Å². The molecule has 0 aliphatic carbocycles. The zero-order valence-corrected chi connectivity index (χ0v) is 13.0. The third-order valence-corrected chi connectivity index (χ3v) is 4.30. The van der Waals surface area contributed by atoms with Crippen molar-refractivity contribution in [1.29, 1.82) is 0 Å². The van der Waals surface area contributed by atoms with Crippen molar-refractivity contribution in [3.8, 4) is 0 Å². The van der Waals surface area contributed by atoms with Gasteiger partial charge in [0.25, 0.3) is 0 Å². The highest BCUT2D eigenvalue weighted by Crippen LogP contribution is 2.21. The van der Waals surface area contributed by atoms with Crippen LogP contribution in [0.5, 0.6) is 0 Å². The molecule has 3 atom stereocenters. The molecule has 2 heteroatoms. The Kier molecular flexibility index (Phi) is 9.54. The number of epoxide rings is 1. The van der Waals surface area contributed by atoms with Gasteiger partial charge in [0.05, 0.1) is 19.3 Å². The minimum Gasteiger partial charge on any atom is -0.373 e. The van der Waals surface area contributed by atoms with Gasteiger partial charge in [-0.15, -0.1) is 0 Å². The smallest absolute Gasteiger partial charge is 0.0847 e. The van der Waals surface area contributed by atoms with Crippen LogP contribution in [0.3, 0.4) is 0 Å². The van der Waals surface area contributed by atoms with Crippen LogP contribution >= 0.6 is 0 Å². The summed E-state index contributed by atoms with van der Waals surface area (Å²) in [5, 5.41) is 10.6. The van der Waals surface area contributed by atoms with E-state index in [9.17, 15) is 5.11 Å². The summed E-state index contributed by atoms with van der Waals surface area (Å²) < 4.78 is 5.22. The predicted octanol–water partition coefficient (Wildman–Crippen LogP) is 4.99. The molecule has 0 aromatic carbocycles. The highest BCUT2D eigenvalue weighted by atomic mass is 16.6. The lowest BCUT2D eigenvalue weighted by atomic mass is 9.95. The highest BCUT2D eigenvalue weighted by molar-refractivity contribution is 4.68. The lowest BCUT2D eigenvalue weighted by molar-refractivity contribution is 0.145. The van der Waals surface area contributed by atoms with Crippen LogP contribution in [-0.4, -0.2) is 19.3 Å². The van der Waals surface area contributed by atoms with E-state index >= 15 is 0 Å². The fourth-order valence-electron chi connectivity index (χ4n) is 2.67. The Hall–Kier alpha value is -0.0800. The van der Waals surface area contributed by atoms with Gasteiger partial charge in [0, 0.05) is 0 Å². The van der Waals surface area contributed by atoms with Crippen LogP contribution in [-0.2, 0) is 9.84 Å². The Morgan fingerprint density at radius 2 is 1.42 bits per heavy atom. The van der Waals surface area contributed by atoms with Crippen LogP contribution in [0.25, 0.3) is 0 Å². The number of hydrogen-bond acceptors (Lipinski definition) is 1. The standard InChI is InChI=1S/C17H33O2/c1-15(9-5-3-7-11-16(2)13-18)10-6-4-8-12-17-14-19-17/h15-17H,3-14H2,1-2H3. The molecule has 1 fully saturated rings. The molecule has 113 valence electrons. The number of rotatable bonds is 13. The third-order valence-electron chi connectivity index (χ3n) is 4.30. The second-order valence-corrected chi connectivity index (χ2v) is 6.61. The molecule has 0 bridgehead atoms. The first-order valence-corrected chi connectivity index (χ1v) is 8.42. The summed E-state index contributed by atoms with van der Waals surface area (Å²) in [6.45, 7) is 5.58. The number of ether oxygens (including phenoxy) is 1. The molecule has 19 heavy (non-hydrogen) atoms. The summed E-state index contributed by atoms with van der Waals surface area (Å²) in [5.74, 6) is 1.27. The zero-order chi connectivity index (χ0) is 13.9. The van der Waals surface area contributed by atoms with Crippen LogP contribution in [0.4, 0.5) is 0 Å². The number of hydrogen-bond donors (Lipinski definition) is 0. The van der Waals surface area contributed by atoms with Crippen molar-refractivity contribution in [2.24, 2.45) is 11.8 Å². The molecular weight excluding hydrogens is 236 g/mol. The van der Waals surface area contributed by atoms with Gasteiger partial charge >= 0.3 is 0 Å². The van der Waals surface area contributed by atoms with E-state index in [-0.39, 0.29) is 6.61 Å². The average Bonchev–Trinajstić information content (AvgIpc) is 3.21. The lowest BCUT2D eigenvalue weighted by Crippen LogP contribution is -1.99. The summed E-state index contributed by atoms with van der Waals surface area (Å²) in [5.41, 5.74) is 0. The quantitative estimate of drug-likeness (QED) is 0.342. The Balaban J connectivity index is 1.77. The van der Waals surface area contributed by atoms with Crippen LogP contribution in [0, 0.1) is 11.8 Å². The molecule has 0 spiro atoms. The van der Waals surface area contributed by atoms with Crippen molar-refractivity contribution in [3.05, 3.63) is 0 Å². The second kappa shape index (κ2) is 10.7. The summed E-state index contributed by atoms with van der Waals surface area (Å²) in [6.07, 6.45) is 13.8. The maximum atomic E-state index is 10.6. The van der Waals surface area contributed by atoms with Crippen molar-refractivity contribution < 1.29 is 9.84 Å². The first kappa shape index (κ1) is 17.0. The van der Waals surface area contributed by atoms with Gasteiger partial charge in [-0.25, -0.2) is 5.11 Å². The van der Waals surface area contributed by atoms with Crippen LogP contribution in [0.2, 0.25) is 0 Å². The normalized spacial score (nSPS) is 21.3. The number of unbranched alkanes of at least 4 members (excludes halogenated alkanes) is 4. The largest absolute Gasteiger partial charge is 0.373 e. The van der Waals surface area contributed by atoms with Gasteiger partial charge in [0.1, 0.15) is 0 Å². The Morgan fingerprint density at radius 3 is 1.95 bits per heavy atom. The Morgan fingerprint density at radius 1 is 0.895 bits per heavy atom. The molecule has 3 unspecified atom stereocenters. The van der Waals surface area contributed by atoms with Gasteiger partial charge in [-0.05, 0) is 24.7 Å². The summed E-state index contributed by atoms with van der Waals surface area (Å²) in [7, 11) is 0. The minimum absolute atomic E-state index is 0.0995. The van der Waals surface area contributed by atoms with E-state index in [1.807, 2.05) is 0 Å². The van der Waals surface area contributed by atoms with Crippen molar-refractivity contribution in [2.45, 2.75) is 84.2 Å². The average molecular weight is 269 g/mol. The maximum Gasteiger partial charge on any atom is 0.0847 e. The molecule has 1 aliphatic heterocycles. The molecular formula is C17H33O2. The molecule has 1 aliphatic rings. The van der Waals surface area contributed by atoms with Crippen molar-refractivity contribution in [3.63, 3.8) is 0 Å². The topological polar surface area (TPSA) is 32.4 Å². The SMILES string of the molecule is CC(C[O])CCCCCC(C)CCCCCC1CO1. The van der Waals surface area contributed by atoms with Gasteiger partial charge < -0.3 is 4.74 Å². The molecule has 0 amide bonds. The molecule has 2 nitrogen and oxygen atoms in total. The molecule has 1 radical (unpaired) electrons. The molecule has 0 aromatic rings. The van der Waals surface area contributed by atoms with Crippen molar-refractivity contribution in [1.82, 2.24) is 0 Å². The molecule has 1 heterocycles. The second-order valence-electron chi connectivity index (χ2n) is 6.61. The molecule has 0 N–H and O–H groups in total. The highest BCUT2D eigenvalue weighted by Gasteiger charge is 2.20. The van der Waals surface area contributed by atoms with E-state index in [1.54, 1.807) is 0 Å². The van der Waals surface area contributed by atoms with E-state index in [2.05, 4.69) is 13.8 Å². The fourth-order valence-corrected chi connectivity index (χ4v) is 2.67. The third kappa shape index (κ3) is 10.4. The van der Waals surface area contributed by atoms with Crippen molar-refractivity contribution in [2.75, 3.05) is 13.2 Å². The summed E-state index contributed by atoms with van der Waals surface area (Å²) in [4.78, 5) is 0. The lowest BCUT2D eigenvalue weighted by Gasteiger charge is -2.11. The van der Waals surface area contributed by atoms with Crippen molar-refractivity contribution >= 4 is 0 Å². The Bertz CT molecular complexity index is 201. The Labute approximate surface area is 119 Å². The molecule has 1 rings (SSSR count). The minimum atomic E-state index is 0.0995. The van der Waals surface area contributed by atoms with E-state index in [4.69, 9.17) is 4.74 Å².